The number of carbonyl (C=O) groups excluding carboxylic acids is 6. The van der Waals surface area contributed by atoms with Gasteiger partial charge in [-0.05, 0) is 20.8 Å². The second-order valence-corrected chi connectivity index (χ2v) is 4.95. The molecule has 0 heterocycles. The molecule has 0 saturated carbocycles. The van der Waals surface area contributed by atoms with Crippen LogP contribution in [-0.4, -0.2) is 35.3 Å². The Kier molecular flexibility index (Phi) is 19.1. The molecule has 3 unspecified atom stereocenters. The Morgan fingerprint density at radius 2 is 0.640 bits per heavy atom. The Balaban J connectivity index is -0.000000130. The van der Waals surface area contributed by atoms with Gasteiger partial charge in [0.2, 0.25) is 0 Å². The minimum Gasteiger partial charge on any atom is -0.549 e. The first-order valence-electron chi connectivity index (χ1n) is 6.80. The van der Waals surface area contributed by atoms with Crippen LogP contribution in [0.5, 0.6) is 0 Å². The molecule has 0 aromatic heterocycles. The van der Waals surface area contributed by atoms with Crippen LogP contribution >= 0.6 is 0 Å². The fourth-order valence-electron chi connectivity index (χ4n) is 0.498. The van der Waals surface area contributed by atoms with E-state index in [0.29, 0.717) is 0 Å². The number of carboxylic acids is 3. The van der Waals surface area contributed by atoms with Crippen LogP contribution in [0.15, 0.2) is 0 Å². The van der Waals surface area contributed by atoms with E-state index in [-0.39, 0.29) is 34.7 Å². The van der Waals surface area contributed by atoms with Gasteiger partial charge in [-0.2, -0.15) is 0 Å². The summed E-state index contributed by atoms with van der Waals surface area (Å²) < 4.78 is 0. The van der Waals surface area contributed by atoms with Crippen LogP contribution in [0.1, 0.15) is 41.5 Å². The quantitative estimate of drug-likeness (QED) is 0.420. The van der Waals surface area contributed by atoms with Gasteiger partial charge in [-0.15, -0.1) is 0 Å². The summed E-state index contributed by atoms with van der Waals surface area (Å²) in [6.07, 6.45) is 0. The van der Waals surface area contributed by atoms with Crippen molar-refractivity contribution in [1.29, 1.82) is 0 Å². The summed E-state index contributed by atoms with van der Waals surface area (Å²) in [7, 11) is 0. The number of aliphatic carboxylic acids is 3. The molecule has 0 aliphatic heterocycles. The SMILES string of the molecule is CC(=O)C(C)C(=O)[O-].CC(=O)C(C)C(=O)[O-].CC(=O)C(C)C(=O)[O-].[Cr+3]. The molecule has 0 fully saturated rings. The Bertz CT molecular complexity index is 386. The largest absolute Gasteiger partial charge is 3.00 e. The first kappa shape index (κ1) is 30.8. The molecule has 10 heteroatoms. The fourth-order valence-corrected chi connectivity index (χ4v) is 0.498. The Morgan fingerprint density at radius 3 is 0.640 bits per heavy atom. The first-order chi connectivity index (χ1) is 10.7. The van der Waals surface area contributed by atoms with Crippen LogP contribution < -0.4 is 15.3 Å². The average molecular weight is 397 g/mol. The van der Waals surface area contributed by atoms with E-state index in [0.717, 1.165) is 0 Å². The van der Waals surface area contributed by atoms with Crippen molar-refractivity contribution in [1.82, 2.24) is 0 Å². The molecule has 0 aliphatic carbocycles. The number of hydrogen-bond acceptors (Lipinski definition) is 9. The first-order valence-corrected chi connectivity index (χ1v) is 6.80. The van der Waals surface area contributed by atoms with Crippen LogP contribution in [0.3, 0.4) is 0 Å². The molecule has 25 heavy (non-hydrogen) atoms. The molecule has 0 bridgehead atoms. The Labute approximate surface area is 156 Å². The van der Waals surface area contributed by atoms with Gasteiger partial charge in [-0.1, -0.05) is 20.8 Å². The van der Waals surface area contributed by atoms with Gasteiger partial charge in [0.05, 0.1) is 35.7 Å². The van der Waals surface area contributed by atoms with Gasteiger partial charge >= 0.3 is 17.4 Å². The van der Waals surface area contributed by atoms with Crippen molar-refractivity contribution >= 4 is 35.3 Å². The fraction of sp³-hybridized carbons (Fsp3) is 0.600. The van der Waals surface area contributed by atoms with Gasteiger partial charge in [0.1, 0.15) is 17.3 Å². The molecular weight excluding hydrogens is 376 g/mol. The Morgan fingerprint density at radius 1 is 0.520 bits per heavy atom. The molecule has 0 amide bonds. The molecule has 141 valence electrons. The summed E-state index contributed by atoms with van der Waals surface area (Å²) in [6.45, 7) is 7.58. The summed E-state index contributed by atoms with van der Waals surface area (Å²) in [6, 6.07) is 0. The summed E-state index contributed by atoms with van der Waals surface area (Å²) in [4.78, 5) is 59.9. The number of ketones is 3. The zero-order chi connectivity index (χ0) is 20.2. The molecule has 0 aliphatic rings. The molecular formula is C15H21CrO9. The topological polar surface area (TPSA) is 172 Å². The van der Waals surface area contributed by atoms with Crippen molar-refractivity contribution in [2.45, 2.75) is 41.5 Å². The second-order valence-electron chi connectivity index (χ2n) is 4.95. The number of Topliss-reactive ketones (excluding diaryl/α,β-unsaturated/α-hetero) is 3. The molecule has 0 aromatic rings. The molecule has 3 atom stereocenters. The monoisotopic (exact) mass is 397 g/mol. The maximum atomic E-state index is 10.2. The minimum absolute atomic E-state index is 0. The van der Waals surface area contributed by atoms with E-state index < -0.39 is 35.7 Å². The molecule has 9 nitrogen and oxygen atoms in total. The summed E-state index contributed by atoms with van der Waals surface area (Å²) in [5.41, 5.74) is 0. The molecule has 1 radical (unpaired) electrons. The number of hydrogen-bond donors (Lipinski definition) is 0. The third-order valence-corrected chi connectivity index (χ3v) is 2.89. The van der Waals surface area contributed by atoms with Crippen molar-refractivity contribution in [3.05, 3.63) is 0 Å². The van der Waals surface area contributed by atoms with Crippen molar-refractivity contribution < 1.29 is 61.4 Å². The standard InChI is InChI=1S/3C5H8O3.Cr/c3*1-3(4(2)6)5(7)8;/h3*3H,1-2H3,(H,7,8);/q;;;+3/p-3. The predicted molar refractivity (Wildman–Crippen MR) is 74.6 cm³/mol. The number of carbonyl (C=O) groups is 6. The van der Waals surface area contributed by atoms with E-state index in [1.54, 1.807) is 0 Å². The van der Waals surface area contributed by atoms with Gasteiger partial charge in [0.15, 0.2) is 0 Å². The van der Waals surface area contributed by atoms with Gasteiger partial charge in [0.25, 0.3) is 0 Å². The van der Waals surface area contributed by atoms with Crippen LogP contribution in [0.25, 0.3) is 0 Å². The van der Waals surface area contributed by atoms with E-state index in [9.17, 15) is 44.1 Å². The zero-order valence-corrected chi connectivity index (χ0v) is 16.1. The number of carboxylic acid groups (broad SMARTS) is 3. The zero-order valence-electron chi connectivity index (χ0n) is 14.8. The van der Waals surface area contributed by atoms with Gasteiger partial charge in [-0.3, -0.25) is 14.4 Å². The van der Waals surface area contributed by atoms with Gasteiger partial charge < -0.3 is 29.7 Å². The van der Waals surface area contributed by atoms with Crippen LogP contribution in [0.2, 0.25) is 0 Å². The van der Waals surface area contributed by atoms with E-state index in [1.807, 2.05) is 0 Å². The van der Waals surface area contributed by atoms with E-state index in [2.05, 4.69) is 0 Å². The molecule has 0 aromatic carbocycles. The smallest absolute Gasteiger partial charge is 0.549 e. The van der Waals surface area contributed by atoms with Crippen LogP contribution in [0.4, 0.5) is 0 Å². The van der Waals surface area contributed by atoms with E-state index in [4.69, 9.17) is 0 Å². The van der Waals surface area contributed by atoms with Crippen molar-refractivity contribution in [2.75, 3.05) is 0 Å². The third kappa shape index (κ3) is 18.1. The van der Waals surface area contributed by atoms with Crippen molar-refractivity contribution in [2.24, 2.45) is 17.8 Å². The normalized spacial score (nSPS) is 12.2. The van der Waals surface area contributed by atoms with E-state index in [1.165, 1.54) is 41.5 Å². The van der Waals surface area contributed by atoms with Crippen LogP contribution in [-0.2, 0) is 46.1 Å². The Hall–Kier alpha value is -2.05. The summed E-state index contributed by atoms with van der Waals surface area (Å²) in [5, 5.41) is 29.4. The van der Waals surface area contributed by atoms with E-state index >= 15 is 0 Å². The number of rotatable bonds is 6. The van der Waals surface area contributed by atoms with Crippen molar-refractivity contribution in [3.8, 4) is 0 Å². The predicted octanol–water partition coefficient (Wildman–Crippen LogP) is -3.12. The van der Waals surface area contributed by atoms with Crippen LogP contribution in [0, 0.1) is 17.8 Å². The molecule has 0 N–H and O–H groups in total. The van der Waals surface area contributed by atoms with Gasteiger partial charge in [0, 0.05) is 0 Å². The molecule has 0 rings (SSSR count). The second kappa shape index (κ2) is 15.5. The average Bonchev–Trinajstić information content (AvgIpc) is 2.45. The third-order valence-electron chi connectivity index (χ3n) is 2.89. The maximum absolute atomic E-state index is 10.2. The molecule has 0 saturated heterocycles. The molecule has 0 spiro atoms. The maximum Gasteiger partial charge on any atom is 3.00 e. The summed E-state index contributed by atoms with van der Waals surface area (Å²) >= 11 is 0. The minimum atomic E-state index is -1.31. The van der Waals surface area contributed by atoms with Gasteiger partial charge in [-0.25, -0.2) is 0 Å². The summed E-state index contributed by atoms with van der Waals surface area (Å²) in [5.74, 6) is -7.92. The van der Waals surface area contributed by atoms with Crippen molar-refractivity contribution in [3.63, 3.8) is 0 Å².